The van der Waals surface area contributed by atoms with E-state index in [2.05, 4.69) is 25.4 Å². The zero-order valence-electron chi connectivity index (χ0n) is 14.0. The zero-order valence-corrected chi connectivity index (χ0v) is 14.8. The van der Waals surface area contributed by atoms with Crippen LogP contribution in [0.1, 0.15) is 37.7 Å². The molecule has 0 aromatic heterocycles. The van der Waals surface area contributed by atoms with Crippen molar-refractivity contribution >= 4 is 21.5 Å². The average molecular weight is 352 g/mol. The number of anilines is 1. The van der Waals surface area contributed by atoms with E-state index in [1.165, 1.54) is 39.4 Å². The fourth-order valence-corrected chi connectivity index (χ4v) is 3.59. The second-order valence-corrected chi connectivity index (χ2v) is 7.53. The molecule has 1 aromatic carbocycles. The molecular weight excluding hydrogens is 328 g/mol. The fourth-order valence-electron chi connectivity index (χ4n) is 2.83. The highest BCUT2D eigenvalue weighted by atomic mass is 32.2. The lowest BCUT2D eigenvalue weighted by molar-refractivity contribution is 0.462. The maximum absolute atomic E-state index is 12.1. The van der Waals surface area contributed by atoms with Crippen molar-refractivity contribution in [3.63, 3.8) is 0 Å². The Labute approximate surface area is 142 Å². The van der Waals surface area contributed by atoms with E-state index in [0.717, 1.165) is 18.5 Å². The number of rotatable bonds is 5. The van der Waals surface area contributed by atoms with Gasteiger partial charge in [-0.1, -0.05) is 19.3 Å². The van der Waals surface area contributed by atoms with E-state index < -0.39 is 10.0 Å². The Morgan fingerprint density at radius 1 is 1.25 bits per heavy atom. The number of hydrogen-bond acceptors (Lipinski definition) is 6. The van der Waals surface area contributed by atoms with Gasteiger partial charge in [-0.2, -0.15) is 10.2 Å². The maximum Gasteiger partial charge on any atom is 0.240 e. The zero-order chi connectivity index (χ0) is 17.6. The van der Waals surface area contributed by atoms with Gasteiger partial charge in [-0.15, -0.1) is 5.11 Å². The molecule has 4 N–H and O–H groups in total. The molecule has 0 bridgehead atoms. The molecule has 1 fully saturated rings. The monoisotopic (exact) mass is 352 g/mol. The lowest BCUT2D eigenvalue weighted by Crippen LogP contribution is -2.24. The number of nitrogens with one attached hydrogen (secondary N) is 2. The van der Waals surface area contributed by atoms with Crippen LogP contribution in [-0.4, -0.2) is 34.4 Å². The molecule has 1 aliphatic rings. The van der Waals surface area contributed by atoms with Crippen molar-refractivity contribution < 1.29 is 8.42 Å². The minimum atomic E-state index is -3.57. The quantitative estimate of drug-likeness (QED) is 0.247. The van der Waals surface area contributed by atoms with Crippen LogP contribution in [0.3, 0.4) is 0 Å². The Balaban J connectivity index is 2.45. The van der Waals surface area contributed by atoms with Gasteiger partial charge in [0.25, 0.3) is 0 Å². The number of nitrogens with zero attached hydrogens (tertiary/aromatic N) is 3. The number of benzene rings is 1. The number of sulfonamides is 1. The molecule has 1 aliphatic carbocycles. The van der Waals surface area contributed by atoms with Crippen LogP contribution in [0.15, 0.2) is 38.4 Å². The third-order valence-electron chi connectivity index (χ3n) is 4.09. The van der Waals surface area contributed by atoms with E-state index in [0.29, 0.717) is 11.6 Å². The summed E-state index contributed by atoms with van der Waals surface area (Å²) in [6.45, 7) is 0. The van der Waals surface area contributed by atoms with Crippen molar-refractivity contribution in [2.45, 2.75) is 43.0 Å². The molecular formula is C15H24N6O2S. The molecule has 24 heavy (non-hydrogen) atoms. The third kappa shape index (κ3) is 4.30. The van der Waals surface area contributed by atoms with Crippen LogP contribution in [0.4, 0.5) is 5.69 Å². The van der Waals surface area contributed by atoms with Crippen molar-refractivity contribution in [1.29, 1.82) is 0 Å². The van der Waals surface area contributed by atoms with Crippen LogP contribution in [0.2, 0.25) is 0 Å². The number of hydrogen-bond donors (Lipinski definition) is 3. The van der Waals surface area contributed by atoms with Crippen molar-refractivity contribution in [3.05, 3.63) is 23.8 Å². The van der Waals surface area contributed by atoms with Gasteiger partial charge in [-0.05, 0) is 38.1 Å². The van der Waals surface area contributed by atoms with Crippen LogP contribution in [0.5, 0.6) is 0 Å². The lowest BCUT2D eigenvalue weighted by atomic mass is 9.95. The summed E-state index contributed by atoms with van der Waals surface area (Å²) in [7, 11) is -0.698. The molecule has 0 spiro atoms. The number of amidine groups is 1. The molecule has 0 heterocycles. The Hall–Kier alpha value is -2.00. The summed E-state index contributed by atoms with van der Waals surface area (Å²) in [5, 5.41) is 14.7. The van der Waals surface area contributed by atoms with Gasteiger partial charge in [0, 0.05) is 24.3 Å². The van der Waals surface area contributed by atoms with Gasteiger partial charge in [0.05, 0.1) is 4.90 Å². The Morgan fingerprint density at radius 2 is 1.96 bits per heavy atom. The Bertz CT molecular complexity index is 723. The SMILES string of the molecule is CN=N/C(=N\N)c1cc(S(=O)(=O)NC)ccc1NC1CCCCC1. The van der Waals surface area contributed by atoms with Gasteiger partial charge < -0.3 is 11.2 Å². The van der Waals surface area contributed by atoms with Crippen LogP contribution in [0, 0.1) is 0 Å². The second kappa shape index (κ2) is 8.20. The first-order valence-corrected chi connectivity index (χ1v) is 9.42. The second-order valence-electron chi connectivity index (χ2n) is 5.65. The van der Waals surface area contributed by atoms with Crippen molar-refractivity contribution in [1.82, 2.24) is 4.72 Å². The van der Waals surface area contributed by atoms with E-state index in [-0.39, 0.29) is 10.7 Å². The summed E-state index contributed by atoms with van der Waals surface area (Å²) in [6, 6.07) is 5.14. The molecule has 1 aromatic rings. The Kier molecular flexibility index (Phi) is 6.27. The summed E-state index contributed by atoms with van der Waals surface area (Å²) in [5.74, 6) is 5.61. The minimum absolute atomic E-state index is 0.127. The van der Waals surface area contributed by atoms with Gasteiger partial charge >= 0.3 is 0 Å². The van der Waals surface area contributed by atoms with Crippen molar-refractivity contribution in [2.24, 2.45) is 21.2 Å². The smallest absolute Gasteiger partial charge is 0.240 e. The standard InChI is InChI=1S/C15H24N6O2S/c1-17-21-15(20-16)13-10-12(24(22,23)18-2)8-9-14(13)19-11-6-4-3-5-7-11/h8-11,18-19H,3-7,16H2,1-2H3/b20-15-,21-17?. The predicted molar refractivity (Wildman–Crippen MR) is 94.7 cm³/mol. The van der Waals surface area contributed by atoms with Gasteiger partial charge in [0.2, 0.25) is 15.9 Å². The van der Waals surface area contributed by atoms with Crippen LogP contribution in [-0.2, 0) is 10.0 Å². The van der Waals surface area contributed by atoms with Gasteiger partial charge in [0.15, 0.2) is 0 Å². The summed E-state index contributed by atoms with van der Waals surface area (Å²) < 4.78 is 26.4. The van der Waals surface area contributed by atoms with E-state index in [1.807, 2.05) is 0 Å². The number of hydrazone groups is 1. The lowest BCUT2D eigenvalue weighted by Gasteiger charge is -2.25. The molecule has 2 rings (SSSR count). The number of azo groups is 1. The molecule has 8 nitrogen and oxygen atoms in total. The molecule has 0 aliphatic heterocycles. The minimum Gasteiger partial charge on any atom is -0.382 e. The van der Waals surface area contributed by atoms with Crippen LogP contribution in [0.25, 0.3) is 0 Å². The van der Waals surface area contributed by atoms with Gasteiger partial charge in [-0.25, -0.2) is 13.1 Å². The predicted octanol–water partition coefficient (Wildman–Crippen LogP) is 2.04. The normalized spacial score (nSPS) is 17.3. The average Bonchev–Trinajstić information content (AvgIpc) is 2.61. The highest BCUT2D eigenvalue weighted by molar-refractivity contribution is 7.89. The van der Waals surface area contributed by atoms with Crippen molar-refractivity contribution in [3.8, 4) is 0 Å². The van der Waals surface area contributed by atoms with Crippen LogP contribution < -0.4 is 15.9 Å². The highest BCUT2D eigenvalue weighted by Gasteiger charge is 2.20. The molecule has 1 saturated carbocycles. The third-order valence-corrected chi connectivity index (χ3v) is 5.50. The molecule has 0 atom stereocenters. The summed E-state index contributed by atoms with van der Waals surface area (Å²) in [4.78, 5) is 0.127. The van der Waals surface area contributed by atoms with Crippen LogP contribution >= 0.6 is 0 Å². The van der Waals surface area contributed by atoms with Crippen molar-refractivity contribution in [2.75, 3.05) is 19.4 Å². The fraction of sp³-hybridized carbons (Fsp3) is 0.533. The number of nitrogens with two attached hydrogens (primary N) is 1. The summed E-state index contributed by atoms with van der Waals surface area (Å²) >= 11 is 0. The molecule has 0 unspecified atom stereocenters. The van der Waals surface area contributed by atoms with E-state index >= 15 is 0 Å². The van der Waals surface area contributed by atoms with Gasteiger partial charge in [0.1, 0.15) is 0 Å². The first kappa shape index (κ1) is 18.3. The molecule has 132 valence electrons. The largest absolute Gasteiger partial charge is 0.382 e. The maximum atomic E-state index is 12.1. The van der Waals surface area contributed by atoms with E-state index in [4.69, 9.17) is 5.84 Å². The van der Waals surface area contributed by atoms with E-state index in [9.17, 15) is 8.42 Å². The van der Waals surface area contributed by atoms with E-state index in [1.54, 1.807) is 12.1 Å². The molecule has 0 radical (unpaired) electrons. The molecule has 9 heteroatoms. The van der Waals surface area contributed by atoms with Gasteiger partial charge in [-0.3, -0.25) is 0 Å². The Morgan fingerprint density at radius 3 is 2.54 bits per heavy atom. The topological polar surface area (TPSA) is 121 Å². The molecule has 0 amide bonds. The highest BCUT2D eigenvalue weighted by Crippen LogP contribution is 2.26. The summed E-state index contributed by atoms with van der Waals surface area (Å²) in [5.41, 5.74) is 1.28. The molecule has 0 saturated heterocycles. The summed E-state index contributed by atoms with van der Waals surface area (Å²) in [6.07, 6.45) is 5.79. The first-order valence-electron chi connectivity index (χ1n) is 7.94. The first-order chi connectivity index (χ1) is 11.5.